The highest BCUT2D eigenvalue weighted by molar-refractivity contribution is 5.03. The molecule has 0 amide bonds. The van der Waals surface area contributed by atoms with Crippen LogP contribution in [0, 0.1) is 17.3 Å². The third kappa shape index (κ3) is 4.43. The molecule has 2 rings (SSSR count). The SMILES string of the molecule is CCNC(CO)(CN1CCCC(C(C)(C)C)CC1)C1CC1. The van der Waals surface area contributed by atoms with E-state index in [9.17, 15) is 5.11 Å². The molecular weight excluding hydrogens is 260 g/mol. The molecule has 21 heavy (non-hydrogen) atoms. The van der Waals surface area contributed by atoms with Gasteiger partial charge in [-0.15, -0.1) is 0 Å². The van der Waals surface area contributed by atoms with E-state index in [0.717, 1.165) is 19.0 Å². The van der Waals surface area contributed by atoms with Gasteiger partial charge in [0.15, 0.2) is 0 Å². The molecule has 2 N–H and O–H groups in total. The number of hydrogen-bond donors (Lipinski definition) is 2. The molecule has 0 spiro atoms. The summed E-state index contributed by atoms with van der Waals surface area (Å²) >= 11 is 0. The first kappa shape index (κ1) is 17.2. The van der Waals surface area contributed by atoms with Crippen molar-refractivity contribution in [3.05, 3.63) is 0 Å². The van der Waals surface area contributed by atoms with Crippen LogP contribution in [0.3, 0.4) is 0 Å². The van der Waals surface area contributed by atoms with E-state index in [0.29, 0.717) is 11.3 Å². The lowest BCUT2D eigenvalue weighted by Crippen LogP contribution is -2.58. The number of rotatable bonds is 6. The second-order valence-corrected chi connectivity index (χ2v) is 8.39. The minimum atomic E-state index is -0.0453. The van der Waals surface area contributed by atoms with Crippen LogP contribution in [0.2, 0.25) is 0 Å². The van der Waals surface area contributed by atoms with Gasteiger partial charge in [0.25, 0.3) is 0 Å². The van der Waals surface area contributed by atoms with Crippen molar-refractivity contribution in [2.75, 3.05) is 32.8 Å². The van der Waals surface area contributed by atoms with Gasteiger partial charge < -0.3 is 15.3 Å². The Morgan fingerprint density at radius 1 is 1.05 bits per heavy atom. The molecule has 0 aromatic heterocycles. The zero-order valence-electron chi connectivity index (χ0n) is 14.6. The Morgan fingerprint density at radius 3 is 2.29 bits per heavy atom. The van der Waals surface area contributed by atoms with Crippen LogP contribution in [0.15, 0.2) is 0 Å². The van der Waals surface area contributed by atoms with Crippen LogP contribution < -0.4 is 5.32 Å². The standard InChI is InChI=1S/C18H36N2O/c1-5-19-18(14-21,16-8-9-16)13-20-11-6-7-15(10-12-20)17(2,3)4/h15-16,19,21H,5-14H2,1-4H3. The Bertz CT molecular complexity index is 322. The number of likely N-dealkylation sites (tertiary alicyclic amines) is 1. The molecule has 3 nitrogen and oxygen atoms in total. The van der Waals surface area contributed by atoms with Crippen molar-refractivity contribution < 1.29 is 5.11 Å². The average Bonchev–Trinajstić information content (AvgIpc) is 3.24. The summed E-state index contributed by atoms with van der Waals surface area (Å²) < 4.78 is 0. The molecule has 3 heteroatoms. The van der Waals surface area contributed by atoms with Gasteiger partial charge in [-0.05, 0) is 69.0 Å². The lowest BCUT2D eigenvalue weighted by atomic mass is 9.77. The summed E-state index contributed by atoms with van der Waals surface area (Å²) in [5.74, 6) is 1.52. The summed E-state index contributed by atoms with van der Waals surface area (Å²) in [6.45, 7) is 14.0. The highest BCUT2D eigenvalue weighted by Crippen LogP contribution is 2.41. The van der Waals surface area contributed by atoms with Gasteiger partial charge in [-0.25, -0.2) is 0 Å². The molecule has 1 saturated carbocycles. The fourth-order valence-corrected chi connectivity index (χ4v) is 4.13. The maximum Gasteiger partial charge on any atom is 0.0628 e. The fourth-order valence-electron chi connectivity index (χ4n) is 4.13. The molecular formula is C18H36N2O. The average molecular weight is 296 g/mol. The van der Waals surface area contributed by atoms with Gasteiger partial charge in [0, 0.05) is 6.54 Å². The Labute approximate surface area is 131 Å². The monoisotopic (exact) mass is 296 g/mol. The predicted molar refractivity (Wildman–Crippen MR) is 89.5 cm³/mol. The van der Waals surface area contributed by atoms with Crippen LogP contribution in [0.25, 0.3) is 0 Å². The largest absolute Gasteiger partial charge is 0.394 e. The first-order chi connectivity index (χ1) is 9.91. The lowest BCUT2D eigenvalue weighted by molar-refractivity contribution is 0.0914. The molecule has 0 aromatic rings. The van der Waals surface area contributed by atoms with Crippen LogP contribution in [-0.2, 0) is 0 Å². The summed E-state index contributed by atoms with van der Waals surface area (Å²) in [5, 5.41) is 13.6. The minimum absolute atomic E-state index is 0.0453. The Morgan fingerprint density at radius 2 is 1.76 bits per heavy atom. The first-order valence-corrected chi connectivity index (χ1v) is 8.99. The second kappa shape index (κ2) is 6.97. The van der Waals surface area contributed by atoms with Crippen LogP contribution in [0.5, 0.6) is 0 Å². The lowest BCUT2D eigenvalue weighted by Gasteiger charge is -2.38. The minimum Gasteiger partial charge on any atom is -0.394 e. The van der Waals surface area contributed by atoms with Crippen LogP contribution in [0.1, 0.15) is 59.8 Å². The van der Waals surface area contributed by atoms with Crippen molar-refractivity contribution >= 4 is 0 Å². The van der Waals surface area contributed by atoms with Gasteiger partial charge in [-0.2, -0.15) is 0 Å². The van der Waals surface area contributed by atoms with Crippen molar-refractivity contribution in [3.63, 3.8) is 0 Å². The predicted octanol–water partition coefficient (Wildman–Crippen LogP) is 2.89. The summed E-state index contributed by atoms with van der Waals surface area (Å²) in [6, 6.07) is 0. The summed E-state index contributed by atoms with van der Waals surface area (Å²) in [6.07, 6.45) is 6.54. The molecule has 2 atom stereocenters. The maximum absolute atomic E-state index is 10.0. The quantitative estimate of drug-likeness (QED) is 0.791. The van der Waals surface area contributed by atoms with E-state index in [1.54, 1.807) is 0 Å². The normalized spacial score (nSPS) is 28.1. The van der Waals surface area contributed by atoms with Crippen molar-refractivity contribution in [1.82, 2.24) is 10.2 Å². The van der Waals surface area contributed by atoms with Gasteiger partial charge in [0.05, 0.1) is 12.1 Å². The Hall–Kier alpha value is -0.120. The third-order valence-corrected chi connectivity index (χ3v) is 5.72. The first-order valence-electron chi connectivity index (χ1n) is 8.99. The molecule has 0 aromatic carbocycles. The molecule has 1 saturated heterocycles. The van der Waals surface area contributed by atoms with E-state index in [1.165, 1.54) is 45.2 Å². The molecule has 1 heterocycles. The van der Waals surface area contributed by atoms with Gasteiger partial charge in [-0.1, -0.05) is 27.7 Å². The number of nitrogens with zero attached hydrogens (tertiary/aromatic N) is 1. The van der Waals surface area contributed by atoms with E-state index >= 15 is 0 Å². The van der Waals surface area contributed by atoms with Crippen molar-refractivity contribution in [2.24, 2.45) is 17.3 Å². The van der Waals surface area contributed by atoms with Gasteiger partial charge in [-0.3, -0.25) is 0 Å². The molecule has 2 aliphatic rings. The number of likely N-dealkylation sites (N-methyl/N-ethyl adjacent to an activating group) is 1. The molecule has 1 aliphatic heterocycles. The smallest absolute Gasteiger partial charge is 0.0628 e. The molecule has 2 fully saturated rings. The number of hydrogen-bond acceptors (Lipinski definition) is 3. The van der Waals surface area contributed by atoms with E-state index in [-0.39, 0.29) is 12.1 Å². The van der Waals surface area contributed by atoms with E-state index < -0.39 is 0 Å². The van der Waals surface area contributed by atoms with E-state index in [2.05, 4.69) is 37.9 Å². The van der Waals surface area contributed by atoms with E-state index in [1.807, 2.05) is 0 Å². The topological polar surface area (TPSA) is 35.5 Å². The van der Waals surface area contributed by atoms with Crippen LogP contribution in [-0.4, -0.2) is 48.3 Å². The molecule has 1 aliphatic carbocycles. The van der Waals surface area contributed by atoms with Gasteiger partial charge in [0.2, 0.25) is 0 Å². The molecule has 0 bridgehead atoms. The van der Waals surface area contributed by atoms with Crippen LogP contribution >= 0.6 is 0 Å². The number of aliphatic hydroxyl groups is 1. The Balaban J connectivity index is 1.95. The Kier molecular flexibility index (Phi) is 5.72. The zero-order chi connectivity index (χ0) is 15.5. The molecule has 124 valence electrons. The number of aliphatic hydroxyl groups excluding tert-OH is 1. The van der Waals surface area contributed by atoms with Crippen molar-refractivity contribution in [2.45, 2.75) is 65.3 Å². The molecule has 0 radical (unpaired) electrons. The summed E-state index contributed by atoms with van der Waals surface area (Å²) in [7, 11) is 0. The van der Waals surface area contributed by atoms with Crippen LogP contribution in [0.4, 0.5) is 0 Å². The summed E-state index contributed by atoms with van der Waals surface area (Å²) in [5.41, 5.74) is 0.387. The molecule has 2 unspecified atom stereocenters. The maximum atomic E-state index is 10.0. The third-order valence-electron chi connectivity index (χ3n) is 5.72. The van der Waals surface area contributed by atoms with Gasteiger partial charge >= 0.3 is 0 Å². The van der Waals surface area contributed by atoms with Crippen molar-refractivity contribution in [3.8, 4) is 0 Å². The summed E-state index contributed by atoms with van der Waals surface area (Å²) in [4.78, 5) is 2.61. The fraction of sp³-hybridized carbons (Fsp3) is 1.00. The highest BCUT2D eigenvalue weighted by Gasteiger charge is 2.45. The second-order valence-electron chi connectivity index (χ2n) is 8.39. The van der Waals surface area contributed by atoms with Crippen molar-refractivity contribution in [1.29, 1.82) is 0 Å². The zero-order valence-corrected chi connectivity index (χ0v) is 14.6. The van der Waals surface area contributed by atoms with Gasteiger partial charge in [0.1, 0.15) is 0 Å². The number of nitrogens with one attached hydrogen (secondary N) is 1. The highest BCUT2D eigenvalue weighted by atomic mass is 16.3. The van der Waals surface area contributed by atoms with E-state index in [4.69, 9.17) is 0 Å².